The van der Waals surface area contributed by atoms with Crippen molar-refractivity contribution in [3.8, 4) is 0 Å². The molecular weight excluding hydrogens is 266 g/mol. The minimum atomic E-state index is -4.17. The normalized spacial score (nSPS) is 13.5. The van der Waals surface area contributed by atoms with Crippen molar-refractivity contribution in [3.63, 3.8) is 0 Å². The van der Waals surface area contributed by atoms with E-state index in [2.05, 4.69) is 52.4 Å². The molecule has 0 radical (unpaired) electrons. The molecule has 1 aliphatic rings. The van der Waals surface area contributed by atoms with Crippen molar-refractivity contribution in [1.82, 2.24) is 0 Å². The van der Waals surface area contributed by atoms with Gasteiger partial charge in [-0.3, -0.25) is 4.55 Å². The van der Waals surface area contributed by atoms with E-state index in [1.807, 2.05) is 0 Å². The summed E-state index contributed by atoms with van der Waals surface area (Å²) in [6, 6.07) is 8.53. The van der Waals surface area contributed by atoms with Gasteiger partial charge in [0.15, 0.2) is 0 Å². The summed E-state index contributed by atoms with van der Waals surface area (Å²) in [4.78, 5) is 2.37. The molecule has 1 aromatic rings. The van der Waals surface area contributed by atoms with Gasteiger partial charge >= 0.3 is 10.4 Å². The maximum Gasteiger partial charge on any atom is 0.397 e. The number of hydrogen-bond donors (Lipinski definition) is 1. The number of nitrogens with zero attached hydrogens (tertiary/aromatic N) is 1. The van der Waals surface area contributed by atoms with Crippen LogP contribution in [-0.4, -0.2) is 32.7 Å². The van der Waals surface area contributed by atoms with Crippen molar-refractivity contribution in [2.24, 2.45) is 0 Å². The van der Waals surface area contributed by atoms with Crippen molar-refractivity contribution in [2.75, 3.05) is 24.6 Å². The number of rotatable bonds is 3. The third-order valence-corrected chi connectivity index (χ3v) is 3.08. The number of anilines is 1. The smallest absolute Gasteiger partial charge is 0.368 e. The third-order valence-electron chi connectivity index (χ3n) is 2.55. The van der Waals surface area contributed by atoms with E-state index in [1.54, 1.807) is 0 Å². The Kier molecular flexibility index (Phi) is 6.01. The first-order chi connectivity index (χ1) is 8.98. The van der Waals surface area contributed by atoms with Crippen molar-refractivity contribution in [2.45, 2.75) is 13.8 Å². The molecule has 0 bridgehead atoms. The van der Waals surface area contributed by atoms with Crippen LogP contribution in [0, 0.1) is 0 Å². The molecule has 106 valence electrons. The summed E-state index contributed by atoms with van der Waals surface area (Å²) in [5, 5.41) is 0. The number of likely N-dealkylation sites (N-methyl/N-ethyl adjacent to an activating group) is 1. The minimum Gasteiger partial charge on any atom is -0.368 e. The van der Waals surface area contributed by atoms with Crippen LogP contribution in [0.3, 0.4) is 0 Å². The Balaban J connectivity index is 0.000000224. The topological polar surface area (TPSA) is 66.8 Å². The molecule has 1 aromatic carbocycles. The molecular formula is C13H19NO4S. The van der Waals surface area contributed by atoms with Crippen LogP contribution in [0.5, 0.6) is 0 Å². The zero-order chi connectivity index (χ0) is 14.3. The van der Waals surface area contributed by atoms with Gasteiger partial charge in [0, 0.05) is 18.8 Å². The second-order valence-electron chi connectivity index (χ2n) is 3.83. The van der Waals surface area contributed by atoms with Crippen LogP contribution in [0.2, 0.25) is 0 Å². The zero-order valence-corrected chi connectivity index (χ0v) is 11.9. The van der Waals surface area contributed by atoms with Crippen LogP contribution in [0.25, 0.3) is 6.08 Å². The Morgan fingerprint density at radius 3 is 2.53 bits per heavy atom. The molecule has 0 amide bonds. The van der Waals surface area contributed by atoms with Gasteiger partial charge in [-0.2, -0.15) is 8.42 Å². The predicted octanol–water partition coefficient (Wildman–Crippen LogP) is 2.37. The molecule has 0 atom stereocenters. The standard InChI is InChI=1S/C11H13N.C2H6O4S/c1-2-12-9-5-7-10-6-3-4-8-11(10)12;1-2-6-7(3,4)5/h3-8H,2,9H2,1H3;2H2,1H3,(H,3,4,5). The summed E-state index contributed by atoms with van der Waals surface area (Å²) in [6.07, 6.45) is 4.41. The highest BCUT2D eigenvalue weighted by molar-refractivity contribution is 7.80. The highest BCUT2D eigenvalue weighted by Crippen LogP contribution is 2.24. The SMILES string of the molecule is CCN1CC=Cc2ccccc21.CCOS(=O)(=O)O. The summed E-state index contributed by atoms with van der Waals surface area (Å²) in [6.45, 7) is 5.76. The van der Waals surface area contributed by atoms with E-state index < -0.39 is 10.4 Å². The van der Waals surface area contributed by atoms with Crippen LogP contribution < -0.4 is 4.90 Å². The van der Waals surface area contributed by atoms with E-state index >= 15 is 0 Å². The summed E-state index contributed by atoms with van der Waals surface area (Å²) in [5.41, 5.74) is 2.70. The molecule has 0 aromatic heterocycles. The Bertz CT molecular complexity index is 525. The fourth-order valence-electron chi connectivity index (χ4n) is 1.77. The largest absolute Gasteiger partial charge is 0.397 e. The van der Waals surface area contributed by atoms with E-state index in [1.165, 1.54) is 18.2 Å². The maximum absolute atomic E-state index is 9.56. The lowest BCUT2D eigenvalue weighted by Crippen LogP contribution is -2.25. The van der Waals surface area contributed by atoms with E-state index in [4.69, 9.17) is 4.55 Å². The van der Waals surface area contributed by atoms with Gasteiger partial charge in [0.05, 0.1) is 6.61 Å². The van der Waals surface area contributed by atoms with Crippen molar-refractivity contribution in [1.29, 1.82) is 0 Å². The van der Waals surface area contributed by atoms with Crippen molar-refractivity contribution < 1.29 is 17.2 Å². The van der Waals surface area contributed by atoms with E-state index in [-0.39, 0.29) is 6.61 Å². The van der Waals surface area contributed by atoms with Gasteiger partial charge in [-0.05, 0) is 25.5 Å². The monoisotopic (exact) mass is 285 g/mol. The molecule has 2 rings (SSSR count). The fourth-order valence-corrected chi connectivity index (χ4v) is 2.07. The lowest BCUT2D eigenvalue weighted by Gasteiger charge is -2.26. The average Bonchev–Trinajstić information content (AvgIpc) is 2.37. The lowest BCUT2D eigenvalue weighted by atomic mass is 10.1. The van der Waals surface area contributed by atoms with Crippen LogP contribution in [0.4, 0.5) is 5.69 Å². The Morgan fingerprint density at radius 2 is 2.00 bits per heavy atom. The summed E-state index contributed by atoms with van der Waals surface area (Å²) < 4.78 is 30.7. The van der Waals surface area contributed by atoms with Gasteiger partial charge in [0.25, 0.3) is 0 Å². The zero-order valence-electron chi connectivity index (χ0n) is 11.1. The molecule has 0 aliphatic carbocycles. The molecule has 1 N–H and O–H groups in total. The van der Waals surface area contributed by atoms with Gasteiger partial charge < -0.3 is 4.90 Å². The first kappa shape index (κ1) is 15.7. The first-order valence-corrected chi connectivity index (χ1v) is 7.46. The third kappa shape index (κ3) is 5.42. The Labute approximate surface area is 114 Å². The molecule has 19 heavy (non-hydrogen) atoms. The molecule has 0 saturated heterocycles. The number of fused-ring (bicyclic) bond motifs is 1. The average molecular weight is 285 g/mol. The first-order valence-electron chi connectivity index (χ1n) is 6.10. The minimum absolute atomic E-state index is 0.0289. The highest BCUT2D eigenvalue weighted by atomic mass is 32.3. The van der Waals surface area contributed by atoms with Crippen LogP contribution in [0.1, 0.15) is 19.4 Å². The molecule has 5 nitrogen and oxygen atoms in total. The molecule has 0 fully saturated rings. The summed E-state index contributed by atoms with van der Waals surface area (Å²) in [5.74, 6) is 0. The molecule has 0 saturated carbocycles. The second kappa shape index (κ2) is 7.28. The fraction of sp³-hybridized carbons (Fsp3) is 0.385. The maximum atomic E-state index is 9.56. The molecule has 0 unspecified atom stereocenters. The lowest BCUT2D eigenvalue weighted by molar-refractivity contribution is 0.283. The predicted molar refractivity (Wildman–Crippen MR) is 76.5 cm³/mol. The number of hydrogen-bond acceptors (Lipinski definition) is 4. The van der Waals surface area contributed by atoms with Gasteiger partial charge in [0.2, 0.25) is 0 Å². The number of benzene rings is 1. The van der Waals surface area contributed by atoms with Crippen molar-refractivity contribution in [3.05, 3.63) is 35.9 Å². The molecule has 1 heterocycles. The molecule has 1 aliphatic heterocycles. The van der Waals surface area contributed by atoms with Gasteiger partial charge in [-0.25, -0.2) is 4.18 Å². The second-order valence-corrected chi connectivity index (χ2v) is 4.93. The highest BCUT2D eigenvalue weighted by Gasteiger charge is 2.08. The van der Waals surface area contributed by atoms with Gasteiger partial charge in [-0.15, -0.1) is 0 Å². The molecule has 0 spiro atoms. The van der Waals surface area contributed by atoms with E-state index in [0.717, 1.165) is 13.1 Å². The van der Waals surface area contributed by atoms with E-state index in [9.17, 15) is 8.42 Å². The van der Waals surface area contributed by atoms with E-state index in [0.29, 0.717) is 0 Å². The van der Waals surface area contributed by atoms with Gasteiger partial charge in [-0.1, -0.05) is 30.4 Å². The van der Waals surface area contributed by atoms with Crippen LogP contribution in [-0.2, 0) is 14.6 Å². The Hall–Kier alpha value is -1.37. The summed E-state index contributed by atoms with van der Waals surface area (Å²) in [7, 11) is -4.17. The van der Waals surface area contributed by atoms with Crippen LogP contribution >= 0.6 is 0 Å². The summed E-state index contributed by atoms with van der Waals surface area (Å²) >= 11 is 0. The van der Waals surface area contributed by atoms with Crippen LogP contribution in [0.15, 0.2) is 30.3 Å². The number of para-hydroxylation sites is 1. The Morgan fingerprint density at radius 1 is 1.32 bits per heavy atom. The van der Waals surface area contributed by atoms with Gasteiger partial charge in [0.1, 0.15) is 0 Å². The van der Waals surface area contributed by atoms with Crippen molar-refractivity contribution >= 4 is 22.2 Å². The quantitative estimate of drug-likeness (QED) is 0.864. The molecule has 6 heteroatoms.